The zero-order chi connectivity index (χ0) is 38.8. The van der Waals surface area contributed by atoms with E-state index in [2.05, 4.69) is 18.7 Å². The van der Waals surface area contributed by atoms with Gasteiger partial charge in [0.15, 0.2) is 11.2 Å². The third kappa shape index (κ3) is 6.27. The van der Waals surface area contributed by atoms with E-state index in [0.717, 1.165) is 12.8 Å². The zero-order valence-corrected chi connectivity index (χ0v) is 31.8. The van der Waals surface area contributed by atoms with Gasteiger partial charge in [-0.3, -0.25) is 9.80 Å². The van der Waals surface area contributed by atoms with Crippen molar-refractivity contribution in [3.63, 3.8) is 0 Å². The Morgan fingerprint density at radius 3 is 1.62 bits per heavy atom. The Morgan fingerprint density at radius 2 is 1.11 bits per heavy atom. The SMILES string of the molecule is C[C@@H]1CC[C@H]2C(COCCN3CCN(CC4=C(C(F)(F)F)O[C@@H]5O[C@@]6(C)CC[C@H]7[C@H](C)CC[C@@H]4[C@@]57OO6)CC3)=C(C(F)(F)F)O[C@@H]3O[C@@]4(C)CC[C@@H]1[C@]32OO4. The third-order valence-electron chi connectivity index (χ3n) is 14.5. The lowest BCUT2D eigenvalue weighted by Gasteiger charge is -2.57. The van der Waals surface area contributed by atoms with Crippen molar-refractivity contribution < 1.29 is 69.6 Å². The van der Waals surface area contributed by atoms with Gasteiger partial charge in [-0.15, -0.1) is 0 Å². The lowest BCUT2D eigenvalue weighted by Crippen LogP contribution is -2.68. The first-order chi connectivity index (χ1) is 26.0. The number of hydrogen-bond donors (Lipinski definition) is 0. The topological polar surface area (TPSA) is 89.6 Å². The Hall–Kier alpha value is -1.70. The monoisotopic (exact) mass is 794 g/mol. The van der Waals surface area contributed by atoms with Crippen LogP contribution in [-0.4, -0.2) is 110 Å². The van der Waals surface area contributed by atoms with Crippen molar-refractivity contribution in [1.29, 1.82) is 0 Å². The fraction of sp³-hybridized carbons (Fsp3) is 0.895. The molecule has 17 heteroatoms. The Bertz CT molecular complexity index is 1570. The number of ether oxygens (including phenoxy) is 5. The molecule has 11 aliphatic rings. The van der Waals surface area contributed by atoms with Gasteiger partial charge in [-0.05, 0) is 69.8 Å². The molecule has 9 aliphatic heterocycles. The van der Waals surface area contributed by atoms with Crippen LogP contribution in [0.1, 0.15) is 79.1 Å². The highest BCUT2D eigenvalue weighted by atomic mass is 19.4. The van der Waals surface area contributed by atoms with E-state index in [1.54, 1.807) is 13.8 Å². The largest absolute Gasteiger partial charge is 0.456 e. The molecule has 7 saturated heterocycles. The Labute approximate surface area is 316 Å². The van der Waals surface area contributed by atoms with Crippen LogP contribution in [0.4, 0.5) is 26.3 Å². The molecule has 0 aromatic heterocycles. The van der Waals surface area contributed by atoms with Gasteiger partial charge in [0.2, 0.25) is 35.7 Å². The minimum absolute atomic E-state index is 0.0173. The molecule has 9 heterocycles. The summed E-state index contributed by atoms with van der Waals surface area (Å²) in [5.74, 6) is -5.52. The Kier molecular flexibility index (Phi) is 9.46. The molecule has 9 fully saturated rings. The summed E-state index contributed by atoms with van der Waals surface area (Å²) < 4.78 is 117. The third-order valence-corrected chi connectivity index (χ3v) is 14.5. The van der Waals surface area contributed by atoms with Gasteiger partial charge in [-0.25, -0.2) is 19.6 Å². The number of alkyl halides is 6. The van der Waals surface area contributed by atoms with Crippen LogP contribution in [0, 0.1) is 35.5 Å². The number of fused-ring (bicyclic) bond motifs is 4. The van der Waals surface area contributed by atoms with Crippen LogP contribution in [0.3, 0.4) is 0 Å². The van der Waals surface area contributed by atoms with E-state index in [4.69, 9.17) is 43.2 Å². The minimum Gasteiger partial charge on any atom is -0.456 e. The van der Waals surface area contributed by atoms with E-state index < -0.39 is 71.1 Å². The molecule has 12 atom stereocenters. The maximum atomic E-state index is 14.7. The van der Waals surface area contributed by atoms with Crippen LogP contribution in [-0.2, 0) is 43.2 Å². The fourth-order valence-electron chi connectivity index (χ4n) is 11.6. The molecule has 0 aromatic carbocycles. The van der Waals surface area contributed by atoms with Crippen LogP contribution in [0.15, 0.2) is 22.7 Å². The summed E-state index contributed by atoms with van der Waals surface area (Å²) in [5, 5.41) is 0. The molecule has 0 unspecified atom stereocenters. The molecule has 310 valence electrons. The molecule has 55 heavy (non-hydrogen) atoms. The van der Waals surface area contributed by atoms with Crippen LogP contribution in [0.5, 0.6) is 0 Å². The van der Waals surface area contributed by atoms with Gasteiger partial charge >= 0.3 is 12.4 Å². The van der Waals surface area contributed by atoms with Crippen molar-refractivity contribution in [2.24, 2.45) is 35.5 Å². The molecule has 11 rings (SSSR count). The summed E-state index contributed by atoms with van der Waals surface area (Å²) in [5.41, 5.74) is -2.18. The second-order valence-corrected chi connectivity index (χ2v) is 17.8. The van der Waals surface area contributed by atoms with E-state index in [9.17, 15) is 26.3 Å². The predicted octanol–water partition coefficient (Wildman–Crippen LogP) is 6.75. The zero-order valence-electron chi connectivity index (χ0n) is 31.8. The quantitative estimate of drug-likeness (QED) is 0.156. The molecular weight excluding hydrogens is 742 g/mol. The van der Waals surface area contributed by atoms with Crippen molar-refractivity contribution in [2.45, 2.75) is 127 Å². The highest BCUT2D eigenvalue weighted by molar-refractivity contribution is 5.30. The summed E-state index contributed by atoms with van der Waals surface area (Å²) in [6, 6.07) is 0. The number of hydrogen-bond acceptors (Lipinski definition) is 11. The lowest BCUT2D eigenvalue weighted by atomic mass is 9.59. The van der Waals surface area contributed by atoms with E-state index in [1.165, 1.54) is 0 Å². The van der Waals surface area contributed by atoms with Gasteiger partial charge in [0, 0.05) is 81.4 Å². The van der Waals surface area contributed by atoms with E-state index in [-0.39, 0.29) is 54.6 Å². The minimum atomic E-state index is -4.76. The van der Waals surface area contributed by atoms with Crippen LogP contribution < -0.4 is 0 Å². The summed E-state index contributed by atoms with van der Waals surface area (Å²) in [7, 11) is 0. The maximum Gasteiger partial charge on any atom is 0.449 e. The normalized spacial score (nSPS) is 46.1. The molecule has 0 radical (unpaired) electrons. The Morgan fingerprint density at radius 1 is 0.636 bits per heavy atom. The first-order valence-corrected chi connectivity index (χ1v) is 20.0. The molecular formula is C38H52F6N2O9. The van der Waals surface area contributed by atoms with Crippen molar-refractivity contribution in [3.8, 4) is 0 Å². The average Bonchev–Trinajstić information content (AvgIpc) is 3.50. The van der Waals surface area contributed by atoms with Crippen LogP contribution >= 0.6 is 0 Å². The second kappa shape index (κ2) is 13.4. The van der Waals surface area contributed by atoms with Crippen molar-refractivity contribution in [1.82, 2.24) is 9.80 Å². The van der Waals surface area contributed by atoms with Gasteiger partial charge in [0.05, 0.1) is 13.2 Å². The number of halogens is 6. The number of nitrogens with zero attached hydrogens (tertiary/aromatic N) is 2. The fourth-order valence-corrected chi connectivity index (χ4v) is 11.6. The molecule has 2 aliphatic carbocycles. The number of rotatable bonds is 7. The van der Waals surface area contributed by atoms with Crippen LogP contribution in [0.2, 0.25) is 0 Å². The molecule has 2 saturated carbocycles. The smallest absolute Gasteiger partial charge is 0.449 e. The van der Waals surface area contributed by atoms with Gasteiger partial charge < -0.3 is 23.7 Å². The Balaban J connectivity index is 0.856. The average molecular weight is 795 g/mol. The van der Waals surface area contributed by atoms with Gasteiger partial charge in [0.25, 0.3) is 0 Å². The van der Waals surface area contributed by atoms with Gasteiger partial charge in [0.1, 0.15) is 0 Å². The molecule has 0 N–H and O–H groups in total. The van der Waals surface area contributed by atoms with Crippen LogP contribution in [0.25, 0.3) is 0 Å². The first-order valence-electron chi connectivity index (χ1n) is 20.0. The van der Waals surface area contributed by atoms with Crippen molar-refractivity contribution in [2.75, 3.05) is 52.5 Å². The van der Waals surface area contributed by atoms with E-state index >= 15 is 0 Å². The van der Waals surface area contributed by atoms with Crippen molar-refractivity contribution >= 4 is 0 Å². The summed E-state index contributed by atoms with van der Waals surface area (Å²) in [6.45, 7) is 9.98. The maximum absolute atomic E-state index is 14.7. The van der Waals surface area contributed by atoms with E-state index in [1.807, 2.05) is 4.90 Å². The lowest BCUT2D eigenvalue weighted by molar-refractivity contribution is -0.558. The molecule has 2 spiro atoms. The first kappa shape index (κ1) is 38.8. The summed E-state index contributed by atoms with van der Waals surface area (Å²) >= 11 is 0. The second-order valence-electron chi connectivity index (χ2n) is 17.8. The molecule has 4 bridgehead atoms. The summed E-state index contributed by atoms with van der Waals surface area (Å²) in [6.07, 6.45) is -7.17. The summed E-state index contributed by atoms with van der Waals surface area (Å²) in [4.78, 5) is 27.8. The molecule has 11 nitrogen and oxygen atoms in total. The molecule has 0 amide bonds. The van der Waals surface area contributed by atoms with Gasteiger partial charge in [-0.2, -0.15) is 26.3 Å². The van der Waals surface area contributed by atoms with E-state index in [0.29, 0.717) is 71.2 Å². The highest BCUT2D eigenvalue weighted by Gasteiger charge is 2.72. The number of piperazine rings is 1. The number of allylic oxidation sites excluding steroid dienone is 2. The predicted molar refractivity (Wildman–Crippen MR) is 178 cm³/mol. The van der Waals surface area contributed by atoms with Crippen molar-refractivity contribution in [3.05, 3.63) is 22.7 Å². The van der Waals surface area contributed by atoms with Gasteiger partial charge in [-0.1, -0.05) is 13.8 Å². The highest BCUT2D eigenvalue weighted by Crippen LogP contribution is 2.63. The standard InChI is InChI=1S/C38H52F6N2O9/c1-21-5-7-27-23(29(37(39,40)41)48-31-35(27)25(21)9-11-33(3,50-31)52-54-35)19-46-15-13-45(14-16-46)17-18-47-20-24-28-8-6-22(2)26-10-12-34(4)51-32(36(26,28)55-53-34)49-30(24)38(42,43)44/h21-22,25-28,31-32H,5-20H2,1-4H3/t21-,22-,25+,26+,27+,28+,31-,32-,33-,34-,35-,36-/m1/s1. The molecule has 0 aromatic rings.